The Morgan fingerprint density at radius 2 is 1.78 bits per heavy atom. The number of benzene rings is 2. The van der Waals surface area contributed by atoms with Crippen LogP contribution >= 0.6 is 11.6 Å². The van der Waals surface area contributed by atoms with Gasteiger partial charge >= 0.3 is 0 Å². The van der Waals surface area contributed by atoms with Gasteiger partial charge in [-0.25, -0.2) is 4.39 Å². The molecule has 2 N–H and O–H groups in total. The summed E-state index contributed by atoms with van der Waals surface area (Å²) in [7, 11) is 3.00. The molecule has 0 aromatic heterocycles. The molecule has 27 heavy (non-hydrogen) atoms. The van der Waals surface area contributed by atoms with Crippen LogP contribution in [0.3, 0.4) is 0 Å². The van der Waals surface area contributed by atoms with Crippen LogP contribution in [0.5, 0.6) is 11.5 Å². The quantitative estimate of drug-likeness (QED) is 0.736. The van der Waals surface area contributed by atoms with Gasteiger partial charge in [0.1, 0.15) is 11.5 Å². The predicted octanol–water partition coefficient (Wildman–Crippen LogP) is 3.61. The first-order valence-corrected chi connectivity index (χ1v) is 8.19. The van der Waals surface area contributed by atoms with Crippen LogP contribution in [0.4, 0.5) is 10.1 Å². The highest BCUT2D eigenvalue weighted by molar-refractivity contribution is 6.31. The molecule has 0 aliphatic heterocycles. The van der Waals surface area contributed by atoms with Crippen molar-refractivity contribution in [2.45, 2.75) is 6.92 Å². The minimum Gasteiger partial charge on any atom is -0.493 e. The number of carbonyl (C=O) groups excluding carboxylic acids is 2. The average molecular weight is 393 g/mol. The minimum atomic E-state index is -0.599. The Morgan fingerprint density at radius 3 is 2.37 bits per heavy atom. The lowest BCUT2D eigenvalue weighted by atomic mass is 10.1. The van der Waals surface area contributed by atoms with Crippen molar-refractivity contribution >= 4 is 35.2 Å². The maximum Gasteiger partial charge on any atom is 0.272 e. The zero-order valence-corrected chi connectivity index (χ0v) is 15.7. The summed E-state index contributed by atoms with van der Waals surface area (Å²) < 4.78 is 23.7. The fourth-order valence-electron chi connectivity index (χ4n) is 2.23. The molecule has 2 aromatic rings. The van der Waals surface area contributed by atoms with Gasteiger partial charge in [-0.3, -0.25) is 9.59 Å². The van der Waals surface area contributed by atoms with E-state index >= 15 is 0 Å². The second kappa shape index (κ2) is 9.05. The van der Waals surface area contributed by atoms with E-state index in [1.54, 1.807) is 18.2 Å². The highest BCUT2D eigenvalue weighted by atomic mass is 35.5. The first-order valence-electron chi connectivity index (χ1n) is 7.81. The fourth-order valence-corrected chi connectivity index (χ4v) is 2.41. The van der Waals surface area contributed by atoms with Gasteiger partial charge in [0.2, 0.25) is 5.91 Å². The van der Waals surface area contributed by atoms with E-state index < -0.39 is 17.6 Å². The zero-order valence-electron chi connectivity index (χ0n) is 14.9. The first-order chi connectivity index (χ1) is 12.8. The van der Waals surface area contributed by atoms with E-state index in [-0.39, 0.29) is 16.4 Å². The monoisotopic (exact) mass is 392 g/mol. The van der Waals surface area contributed by atoms with Crippen LogP contribution in [0.2, 0.25) is 5.02 Å². The van der Waals surface area contributed by atoms with E-state index in [0.29, 0.717) is 17.1 Å². The Kier molecular flexibility index (Phi) is 6.79. The van der Waals surface area contributed by atoms with Crippen molar-refractivity contribution in [3.63, 3.8) is 0 Å². The van der Waals surface area contributed by atoms with Crippen LogP contribution < -0.4 is 20.1 Å². The largest absolute Gasteiger partial charge is 0.493 e. The fraction of sp³-hybridized carbons (Fsp3) is 0.158. The number of ether oxygens (including phenoxy) is 2. The molecule has 2 amide bonds. The highest BCUT2D eigenvalue weighted by Crippen LogP contribution is 2.28. The van der Waals surface area contributed by atoms with Gasteiger partial charge < -0.3 is 20.1 Å². The van der Waals surface area contributed by atoms with Gasteiger partial charge in [0.15, 0.2) is 11.5 Å². The Hall–Kier alpha value is -3.06. The second-order valence-electron chi connectivity index (χ2n) is 5.44. The molecule has 0 heterocycles. The third kappa shape index (κ3) is 5.46. The van der Waals surface area contributed by atoms with Crippen molar-refractivity contribution in [3.05, 3.63) is 58.5 Å². The molecule has 0 bridgehead atoms. The molecule has 8 heteroatoms. The lowest BCUT2D eigenvalue weighted by Gasteiger charge is -2.11. The number of hydrogen-bond donors (Lipinski definition) is 2. The topological polar surface area (TPSA) is 76.7 Å². The third-order valence-electron chi connectivity index (χ3n) is 3.45. The third-order valence-corrected chi connectivity index (χ3v) is 3.74. The Bertz CT molecular complexity index is 899. The molecule has 0 saturated heterocycles. The number of halogens is 2. The lowest BCUT2D eigenvalue weighted by molar-refractivity contribution is -0.120. The van der Waals surface area contributed by atoms with Gasteiger partial charge in [-0.1, -0.05) is 17.7 Å². The van der Waals surface area contributed by atoms with E-state index in [2.05, 4.69) is 10.6 Å². The first kappa shape index (κ1) is 20.3. The second-order valence-corrected chi connectivity index (χ2v) is 5.84. The standard InChI is InChI=1S/C19H18ClFN2O4/c1-11(24)22-16(8-12-4-7-17(26-2)18(9-12)27-3)19(25)23-13-5-6-15(21)14(20)10-13/h4-10H,1-3H3,(H,22,24)(H,23,25)/b16-8-. The average Bonchev–Trinajstić information content (AvgIpc) is 2.63. The van der Waals surface area contributed by atoms with Crippen LogP contribution in [0.15, 0.2) is 42.1 Å². The van der Waals surface area contributed by atoms with Crippen molar-refractivity contribution in [3.8, 4) is 11.5 Å². The summed E-state index contributed by atoms with van der Waals surface area (Å²) in [5.41, 5.74) is 0.883. The smallest absolute Gasteiger partial charge is 0.272 e. The number of hydrogen-bond acceptors (Lipinski definition) is 4. The number of nitrogens with one attached hydrogen (secondary N) is 2. The maximum atomic E-state index is 13.3. The van der Waals surface area contributed by atoms with E-state index in [9.17, 15) is 14.0 Å². The SMILES string of the molecule is COc1ccc(/C=C(\NC(C)=O)C(=O)Nc2ccc(F)c(Cl)c2)cc1OC. The molecular weight excluding hydrogens is 375 g/mol. The molecule has 0 saturated carbocycles. The summed E-state index contributed by atoms with van der Waals surface area (Å²) in [5, 5.41) is 4.90. The minimum absolute atomic E-state index is 0.00447. The molecule has 6 nitrogen and oxygen atoms in total. The molecular formula is C19H18ClFN2O4. The normalized spacial score (nSPS) is 10.9. The van der Waals surface area contributed by atoms with Gasteiger partial charge in [0.05, 0.1) is 19.2 Å². The van der Waals surface area contributed by atoms with Gasteiger partial charge in [-0.2, -0.15) is 0 Å². The zero-order chi connectivity index (χ0) is 20.0. The summed E-state index contributed by atoms with van der Waals surface area (Å²) in [4.78, 5) is 24.0. The lowest BCUT2D eigenvalue weighted by Crippen LogP contribution is -2.29. The van der Waals surface area contributed by atoms with E-state index in [1.807, 2.05) is 0 Å². The molecule has 0 spiro atoms. The molecule has 0 aliphatic carbocycles. The number of anilines is 1. The van der Waals surface area contributed by atoms with Crippen molar-refractivity contribution in [1.29, 1.82) is 0 Å². The number of methoxy groups -OCH3 is 2. The Labute approximate surface area is 160 Å². The molecule has 0 radical (unpaired) electrons. The van der Waals surface area contributed by atoms with Crippen LogP contribution in [0.25, 0.3) is 6.08 Å². The van der Waals surface area contributed by atoms with Gasteiger partial charge in [-0.15, -0.1) is 0 Å². The molecule has 142 valence electrons. The van der Waals surface area contributed by atoms with Crippen molar-refractivity contribution in [2.24, 2.45) is 0 Å². The van der Waals surface area contributed by atoms with Crippen LogP contribution in [-0.4, -0.2) is 26.0 Å². The van der Waals surface area contributed by atoms with Gasteiger partial charge in [-0.05, 0) is 42.0 Å². The molecule has 0 fully saturated rings. The van der Waals surface area contributed by atoms with Crippen molar-refractivity contribution in [1.82, 2.24) is 5.32 Å². The number of amides is 2. The molecule has 0 atom stereocenters. The van der Waals surface area contributed by atoms with Crippen molar-refractivity contribution < 1.29 is 23.5 Å². The van der Waals surface area contributed by atoms with E-state index in [1.165, 1.54) is 39.4 Å². The van der Waals surface area contributed by atoms with Crippen molar-refractivity contribution in [2.75, 3.05) is 19.5 Å². The number of rotatable bonds is 6. The van der Waals surface area contributed by atoms with Crippen LogP contribution in [-0.2, 0) is 9.59 Å². The van der Waals surface area contributed by atoms with Gasteiger partial charge in [0.25, 0.3) is 5.91 Å². The highest BCUT2D eigenvalue weighted by Gasteiger charge is 2.13. The van der Waals surface area contributed by atoms with Crippen LogP contribution in [0, 0.1) is 5.82 Å². The maximum absolute atomic E-state index is 13.3. The molecule has 0 unspecified atom stereocenters. The summed E-state index contributed by atoms with van der Waals surface area (Å²) in [6, 6.07) is 8.80. The molecule has 2 rings (SSSR count). The summed E-state index contributed by atoms with van der Waals surface area (Å²) in [6.45, 7) is 1.28. The Balaban J connectivity index is 2.33. The summed E-state index contributed by atoms with van der Waals surface area (Å²) in [6.07, 6.45) is 1.48. The van der Waals surface area contributed by atoms with Gasteiger partial charge in [0, 0.05) is 12.6 Å². The molecule has 0 aliphatic rings. The summed E-state index contributed by atoms with van der Waals surface area (Å²) in [5.74, 6) is -0.616. The van der Waals surface area contributed by atoms with E-state index in [4.69, 9.17) is 21.1 Å². The molecule has 2 aromatic carbocycles. The van der Waals surface area contributed by atoms with Crippen LogP contribution in [0.1, 0.15) is 12.5 Å². The predicted molar refractivity (Wildman–Crippen MR) is 101 cm³/mol. The summed E-state index contributed by atoms with van der Waals surface area (Å²) >= 11 is 5.72. The Morgan fingerprint density at radius 1 is 1.07 bits per heavy atom. The van der Waals surface area contributed by atoms with E-state index in [0.717, 1.165) is 6.07 Å². The number of carbonyl (C=O) groups is 2.